The van der Waals surface area contributed by atoms with E-state index in [-0.39, 0.29) is 10.9 Å². The maximum Gasteiger partial charge on any atom is 0.245 e. The van der Waals surface area contributed by atoms with Gasteiger partial charge in [-0.3, -0.25) is 4.79 Å². The second kappa shape index (κ2) is 5.18. The van der Waals surface area contributed by atoms with E-state index in [1.165, 1.54) is 6.08 Å². The summed E-state index contributed by atoms with van der Waals surface area (Å²) in [5.41, 5.74) is 0.841. The maximum absolute atomic E-state index is 10.8. The van der Waals surface area contributed by atoms with Crippen molar-refractivity contribution in [1.82, 2.24) is 10.6 Å². The van der Waals surface area contributed by atoms with Gasteiger partial charge < -0.3 is 10.6 Å². The highest BCUT2D eigenvalue weighted by molar-refractivity contribution is 9.09. The van der Waals surface area contributed by atoms with E-state index in [2.05, 4.69) is 26.6 Å². The van der Waals surface area contributed by atoms with Crippen molar-refractivity contribution in [3.8, 4) is 0 Å². The van der Waals surface area contributed by atoms with Crippen LogP contribution in [-0.2, 0) is 4.79 Å². The number of allylic oxidation sites excluding steroid dienone is 1. The van der Waals surface area contributed by atoms with E-state index in [4.69, 9.17) is 0 Å². The van der Waals surface area contributed by atoms with Crippen LogP contribution in [0.2, 0.25) is 0 Å². The molecular weight excluding hydrogens is 208 g/mol. The molecule has 0 aromatic rings. The van der Waals surface area contributed by atoms with Gasteiger partial charge in [-0.2, -0.15) is 0 Å². The molecule has 4 heteroatoms. The average molecular weight is 221 g/mol. The zero-order chi connectivity index (χ0) is 8.85. The number of nitrogens with one attached hydrogen (secondary N) is 2. The zero-order valence-electron chi connectivity index (χ0n) is 6.94. The van der Waals surface area contributed by atoms with Gasteiger partial charge >= 0.3 is 0 Å². The Bertz CT molecular complexity index is 166. The number of likely N-dealkylation sites (N-methyl/N-ethyl adjacent to an activating group) is 1. The molecule has 1 amide bonds. The molecule has 0 aliphatic heterocycles. The third-order valence-electron chi connectivity index (χ3n) is 1.02. The molecule has 0 spiro atoms. The second-order valence-electron chi connectivity index (χ2n) is 2.20. The topological polar surface area (TPSA) is 41.1 Å². The van der Waals surface area contributed by atoms with Gasteiger partial charge in [0.05, 0.1) is 4.95 Å². The predicted octanol–water partition coefficient (Wildman–Crippen LogP) is 0.967. The van der Waals surface area contributed by atoms with E-state index in [1.807, 2.05) is 13.8 Å². The number of carbonyl (C=O) groups excluding carboxylic acids is 1. The Morgan fingerprint density at radius 2 is 2.18 bits per heavy atom. The summed E-state index contributed by atoms with van der Waals surface area (Å²) < 4.78 is 0. The van der Waals surface area contributed by atoms with E-state index in [0.717, 1.165) is 5.70 Å². The number of carbonyl (C=O) groups is 1. The van der Waals surface area contributed by atoms with Gasteiger partial charge in [0, 0.05) is 18.8 Å². The lowest BCUT2D eigenvalue weighted by Gasteiger charge is -2.07. The van der Waals surface area contributed by atoms with Gasteiger partial charge in [-0.05, 0) is 13.8 Å². The van der Waals surface area contributed by atoms with Crippen LogP contribution in [0, 0.1) is 0 Å². The molecule has 1 atom stereocenters. The molecule has 0 saturated heterocycles. The van der Waals surface area contributed by atoms with Crippen molar-refractivity contribution in [1.29, 1.82) is 0 Å². The van der Waals surface area contributed by atoms with Crippen molar-refractivity contribution in [3.63, 3.8) is 0 Å². The van der Waals surface area contributed by atoms with Gasteiger partial charge in [0.2, 0.25) is 5.91 Å². The minimum Gasteiger partial charge on any atom is -0.376 e. The van der Waals surface area contributed by atoms with Crippen molar-refractivity contribution in [2.75, 3.05) is 7.05 Å². The Labute approximate surface area is 75.4 Å². The summed E-state index contributed by atoms with van der Waals surface area (Å²) in [4.78, 5) is 10.9. The highest BCUT2D eigenvalue weighted by atomic mass is 79.9. The van der Waals surface area contributed by atoms with Crippen LogP contribution in [0.1, 0.15) is 13.8 Å². The Morgan fingerprint density at radius 3 is 2.55 bits per heavy atom. The van der Waals surface area contributed by atoms with Crippen LogP contribution < -0.4 is 10.6 Å². The quantitative estimate of drug-likeness (QED) is 0.423. The maximum atomic E-state index is 10.8. The summed E-state index contributed by atoms with van der Waals surface area (Å²) in [6.07, 6.45) is 1.51. The lowest BCUT2D eigenvalue weighted by molar-refractivity contribution is -0.116. The third kappa shape index (κ3) is 5.91. The van der Waals surface area contributed by atoms with Crippen LogP contribution in [0.4, 0.5) is 0 Å². The molecule has 0 heterocycles. The summed E-state index contributed by atoms with van der Waals surface area (Å²) in [6.45, 7) is 3.79. The first-order chi connectivity index (χ1) is 5.06. The number of hydrogen-bond acceptors (Lipinski definition) is 2. The molecule has 2 N–H and O–H groups in total. The largest absolute Gasteiger partial charge is 0.376 e. The molecule has 0 saturated carbocycles. The smallest absolute Gasteiger partial charge is 0.245 e. The van der Waals surface area contributed by atoms with Gasteiger partial charge in [-0.1, -0.05) is 15.9 Å². The number of halogens is 1. The normalized spacial score (nSPS) is 14.0. The number of amides is 1. The van der Waals surface area contributed by atoms with E-state index in [9.17, 15) is 4.79 Å². The van der Waals surface area contributed by atoms with Crippen LogP contribution in [0.5, 0.6) is 0 Å². The van der Waals surface area contributed by atoms with Crippen molar-refractivity contribution in [3.05, 3.63) is 11.8 Å². The SMILES string of the molecule is CNC(=O)/C=C(/C)NC(C)Br. The molecule has 0 radical (unpaired) electrons. The summed E-state index contributed by atoms with van der Waals surface area (Å²) in [5.74, 6) is -0.0943. The molecule has 1 unspecified atom stereocenters. The van der Waals surface area contributed by atoms with Crippen LogP contribution in [0.25, 0.3) is 0 Å². The fourth-order valence-corrected chi connectivity index (χ4v) is 0.985. The van der Waals surface area contributed by atoms with Gasteiger partial charge in [-0.25, -0.2) is 0 Å². The van der Waals surface area contributed by atoms with E-state index < -0.39 is 0 Å². The molecule has 0 aromatic carbocycles. The highest BCUT2D eigenvalue weighted by Crippen LogP contribution is 1.96. The van der Waals surface area contributed by atoms with Crippen LogP contribution >= 0.6 is 15.9 Å². The predicted molar refractivity (Wildman–Crippen MR) is 49.3 cm³/mol. The van der Waals surface area contributed by atoms with Gasteiger partial charge in [-0.15, -0.1) is 0 Å². The van der Waals surface area contributed by atoms with E-state index >= 15 is 0 Å². The van der Waals surface area contributed by atoms with Crippen molar-refractivity contribution in [2.24, 2.45) is 0 Å². The monoisotopic (exact) mass is 220 g/mol. The summed E-state index contributed by atoms with van der Waals surface area (Å²) in [7, 11) is 1.60. The van der Waals surface area contributed by atoms with Crippen molar-refractivity contribution >= 4 is 21.8 Å². The first-order valence-corrected chi connectivity index (χ1v) is 4.28. The molecule has 0 aliphatic carbocycles. The fourth-order valence-electron chi connectivity index (χ4n) is 0.624. The molecule has 64 valence electrons. The Kier molecular flexibility index (Phi) is 4.94. The Balaban J connectivity index is 3.90. The molecule has 0 rings (SSSR count). The van der Waals surface area contributed by atoms with Crippen LogP contribution in [0.15, 0.2) is 11.8 Å². The molecular formula is C7H13BrN2O. The summed E-state index contributed by atoms with van der Waals surface area (Å²) >= 11 is 3.30. The van der Waals surface area contributed by atoms with Gasteiger partial charge in [0.1, 0.15) is 0 Å². The van der Waals surface area contributed by atoms with E-state index in [0.29, 0.717) is 0 Å². The molecule has 3 nitrogen and oxygen atoms in total. The lowest BCUT2D eigenvalue weighted by Crippen LogP contribution is -2.21. The van der Waals surface area contributed by atoms with Crippen molar-refractivity contribution in [2.45, 2.75) is 18.8 Å². The number of alkyl halides is 1. The first-order valence-electron chi connectivity index (χ1n) is 3.37. The molecule has 0 bridgehead atoms. The van der Waals surface area contributed by atoms with Crippen LogP contribution in [0.3, 0.4) is 0 Å². The molecule has 0 aromatic heterocycles. The van der Waals surface area contributed by atoms with E-state index in [1.54, 1.807) is 7.05 Å². The zero-order valence-corrected chi connectivity index (χ0v) is 8.53. The lowest BCUT2D eigenvalue weighted by atomic mass is 10.4. The second-order valence-corrected chi connectivity index (χ2v) is 3.58. The summed E-state index contributed by atoms with van der Waals surface area (Å²) in [5, 5.41) is 5.52. The molecule has 0 aliphatic rings. The van der Waals surface area contributed by atoms with Crippen molar-refractivity contribution < 1.29 is 4.79 Å². The summed E-state index contributed by atoms with van der Waals surface area (Å²) in [6, 6.07) is 0. The van der Waals surface area contributed by atoms with Gasteiger partial charge in [0.25, 0.3) is 0 Å². The molecule has 0 fully saturated rings. The third-order valence-corrected chi connectivity index (χ3v) is 1.25. The first kappa shape index (κ1) is 10.5. The number of rotatable bonds is 3. The average Bonchev–Trinajstić information content (AvgIpc) is 1.85. The minimum atomic E-state index is -0.0943. The fraction of sp³-hybridized carbons (Fsp3) is 0.571. The molecule has 11 heavy (non-hydrogen) atoms. The van der Waals surface area contributed by atoms with Crippen LogP contribution in [-0.4, -0.2) is 17.9 Å². The minimum absolute atomic E-state index is 0.0943. The van der Waals surface area contributed by atoms with Gasteiger partial charge in [0.15, 0.2) is 0 Å². The standard InChI is InChI=1S/C7H13BrN2O/c1-5(10-6(2)8)4-7(11)9-3/h4,6,10H,1-3H3,(H,9,11)/b5-4-. The highest BCUT2D eigenvalue weighted by Gasteiger charge is 1.96. The Hall–Kier alpha value is -0.510. The Morgan fingerprint density at radius 1 is 1.64 bits per heavy atom. The number of hydrogen-bond donors (Lipinski definition) is 2.